The summed E-state index contributed by atoms with van der Waals surface area (Å²) in [7, 11) is -14.8. The number of aromatic nitrogens is 2. The van der Waals surface area contributed by atoms with Gasteiger partial charge in [0.05, 0.1) is 50.0 Å². The molecular formula is C42H24Li5N9O15S6. The molecule has 77 heavy (non-hydrogen) atoms. The number of nitrogens with one attached hydrogen (secondary N) is 2. The minimum absolute atomic E-state index is 0. The fraction of sp³-hybridized carbons (Fsp3) is 0.0238. The molecule has 2 N–H and O–H groups in total. The first-order valence-electron chi connectivity index (χ1n) is 19.6. The van der Waals surface area contributed by atoms with Gasteiger partial charge in [0.1, 0.15) is 47.8 Å². The van der Waals surface area contributed by atoms with Crippen LogP contribution >= 0.6 is 35.4 Å². The average Bonchev–Trinajstić information content (AvgIpc) is 3.76. The number of nitriles is 1. The molecule has 0 aliphatic heterocycles. The van der Waals surface area contributed by atoms with E-state index in [0.717, 1.165) is 52.4 Å². The van der Waals surface area contributed by atoms with Gasteiger partial charge in [-0.3, -0.25) is 10.1 Å². The minimum Gasteiger partial charge on any atom is -0.744 e. The van der Waals surface area contributed by atoms with E-state index in [-0.39, 0.29) is 176 Å². The van der Waals surface area contributed by atoms with Crippen LogP contribution in [0.3, 0.4) is 0 Å². The second-order valence-corrected chi connectivity index (χ2v) is 21.0. The molecule has 0 saturated carbocycles. The molecule has 0 unspecified atom stereocenters. The van der Waals surface area contributed by atoms with Crippen LogP contribution in [-0.4, -0.2) is 48.9 Å². The molecule has 24 nitrogen and oxygen atoms in total. The predicted molar refractivity (Wildman–Crippen MR) is 250 cm³/mol. The number of azo groups is 2. The SMILES string of the molecule is Cc1c(C#N)c(Nc2ccc(S(=O)(=O)[O-])cc2)nc(Nc2ccc(S(=O)(=O)[O-])cc2)c1N=Nc1nc(-c2ccc3ccccc3c2)c(N=Nc2cc(SOO[O-])c3cc(SOO[O-])cc(S(=O)(=O)[O-])c3c2)s1.[Li+].[Li+].[Li+].[Li+].[Li+]. The number of thiazole rings is 1. The Balaban J connectivity index is 0.00000312. The zero-order valence-corrected chi connectivity index (χ0v) is 45.6. The smallest absolute Gasteiger partial charge is 0.744 e. The third-order valence-electron chi connectivity index (χ3n) is 9.98. The van der Waals surface area contributed by atoms with E-state index in [9.17, 15) is 54.7 Å². The molecule has 2 heterocycles. The van der Waals surface area contributed by atoms with E-state index in [2.05, 4.69) is 60.9 Å². The standard InChI is InChI=1S/C42H29N9O15S6.5Li/c1-22-34(21-43)39(44-26-8-12-30(13-9-26)70(54,55)56)47-40(45-27-10-14-31(15-11-27)71(57,58)59)37(22)49-51-42-46-38(25-7-6-23-4-2-3-5-24(23)16-25)41(67-42)50-48-28-17-33-32(35(18-28)69-66-64-53)19-29(68-65-63-52)20-36(33)72(60,61)62;;;;;/h2-20,52-53H,1H3,(H2,44,45,47)(H,54,55,56)(H,57,58,59)(H,60,61,62);;;;;/q;5*+1/p-5. The van der Waals surface area contributed by atoms with E-state index in [0.29, 0.717) is 29.6 Å². The third-order valence-corrected chi connectivity index (χ3v) is 14.6. The number of pyridine rings is 1. The van der Waals surface area contributed by atoms with Gasteiger partial charge in [-0.15, -0.1) is 20.5 Å². The molecule has 8 aromatic rings. The van der Waals surface area contributed by atoms with Crippen molar-refractivity contribution in [1.82, 2.24) is 9.97 Å². The average molecular weight is 1120 g/mol. The molecule has 0 radical (unpaired) electrons. The minimum atomic E-state index is -5.22. The van der Waals surface area contributed by atoms with Gasteiger partial charge in [-0.05, 0) is 96.6 Å². The summed E-state index contributed by atoms with van der Waals surface area (Å²) in [6.07, 6.45) is 0. The van der Waals surface area contributed by atoms with Crippen LogP contribution in [0.5, 0.6) is 0 Å². The van der Waals surface area contributed by atoms with Crippen molar-refractivity contribution in [3.05, 3.63) is 126 Å². The van der Waals surface area contributed by atoms with E-state index in [1.54, 1.807) is 6.07 Å². The summed E-state index contributed by atoms with van der Waals surface area (Å²) < 4.78 is 116. The molecule has 0 spiro atoms. The first kappa shape index (κ1) is 67.4. The Morgan fingerprint density at radius 1 is 0.623 bits per heavy atom. The molecule has 0 atom stereocenters. The quantitative estimate of drug-likeness (QED) is 0.0201. The van der Waals surface area contributed by atoms with Crippen LogP contribution in [0.2, 0.25) is 0 Å². The molecule has 2 aromatic heterocycles. The Kier molecular flexibility index (Phi) is 25.4. The Labute approximate surface area is 510 Å². The maximum absolute atomic E-state index is 12.5. The molecule has 0 aliphatic rings. The van der Waals surface area contributed by atoms with E-state index in [4.69, 9.17) is 4.98 Å². The van der Waals surface area contributed by atoms with E-state index >= 15 is 0 Å². The van der Waals surface area contributed by atoms with E-state index in [1.165, 1.54) is 49.4 Å². The van der Waals surface area contributed by atoms with Crippen LogP contribution in [0.15, 0.2) is 160 Å². The number of hydrogen-bond donors (Lipinski definition) is 2. The Morgan fingerprint density at radius 3 is 1.78 bits per heavy atom. The van der Waals surface area contributed by atoms with Crippen molar-refractivity contribution >= 4 is 132 Å². The summed E-state index contributed by atoms with van der Waals surface area (Å²) in [4.78, 5) is 7.45. The fourth-order valence-electron chi connectivity index (χ4n) is 6.79. The molecule has 8 rings (SSSR count). The van der Waals surface area contributed by atoms with Gasteiger partial charge in [0.15, 0.2) is 16.6 Å². The van der Waals surface area contributed by atoms with E-state index < -0.39 is 45.0 Å². The van der Waals surface area contributed by atoms with Gasteiger partial charge in [-0.2, -0.15) is 13.9 Å². The van der Waals surface area contributed by atoms with Crippen molar-refractivity contribution in [2.75, 3.05) is 10.6 Å². The number of benzene rings is 6. The molecule has 0 aliphatic carbocycles. The summed E-state index contributed by atoms with van der Waals surface area (Å²) in [5.74, 6) is -0.124. The second kappa shape index (κ2) is 29.0. The zero-order valence-electron chi connectivity index (χ0n) is 40.7. The van der Waals surface area contributed by atoms with Crippen molar-refractivity contribution in [2.24, 2.45) is 20.5 Å². The van der Waals surface area contributed by atoms with Gasteiger partial charge in [0.2, 0.25) is 5.13 Å². The van der Waals surface area contributed by atoms with Gasteiger partial charge in [-0.1, -0.05) is 47.7 Å². The van der Waals surface area contributed by atoms with Gasteiger partial charge in [0.25, 0.3) is 0 Å². The maximum atomic E-state index is 12.5. The third kappa shape index (κ3) is 16.6. The monoisotopic (exact) mass is 1120 g/mol. The topological polar surface area (TPSA) is 378 Å². The van der Waals surface area contributed by atoms with Crippen molar-refractivity contribution in [1.29, 1.82) is 5.26 Å². The normalized spacial score (nSPS) is 11.5. The van der Waals surface area contributed by atoms with Crippen LogP contribution in [0.4, 0.5) is 44.5 Å². The molecule has 35 heteroatoms. The van der Waals surface area contributed by atoms with Crippen LogP contribution in [-0.2, 0) is 49.1 Å². The Hall–Kier alpha value is -3.91. The van der Waals surface area contributed by atoms with Gasteiger partial charge in [-0.25, -0.2) is 35.2 Å². The molecule has 368 valence electrons. The van der Waals surface area contributed by atoms with E-state index in [1.807, 2.05) is 36.4 Å². The number of nitrogens with zero attached hydrogens (tertiary/aromatic N) is 7. The first-order chi connectivity index (χ1) is 34.3. The number of fused-ring (bicyclic) bond motifs is 2. The molecule has 6 aromatic carbocycles. The molecular weight excluding hydrogens is 1100 g/mol. The van der Waals surface area contributed by atoms with Gasteiger partial charge in [0, 0.05) is 43.1 Å². The Bertz CT molecular complexity index is 3890. The molecule has 0 fully saturated rings. The number of anilines is 4. The fourth-order valence-corrected chi connectivity index (χ4v) is 10.2. The van der Waals surface area contributed by atoms with Crippen molar-refractivity contribution < 1.29 is 162 Å². The molecule has 0 amide bonds. The largest absolute Gasteiger partial charge is 1.00 e. The van der Waals surface area contributed by atoms with Gasteiger partial charge < -0.3 is 34.8 Å². The van der Waals surface area contributed by atoms with Gasteiger partial charge >= 0.3 is 94.3 Å². The summed E-state index contributed by atoms with van der Waals surface area (Å²) in [6.45, 7) is 1.52. The Morgan fingerprint density at radius 2 is 1.21 bits per heavy atom. The maximum Gasteiger partial charge on any atom is 1.00 e. The zero-order chi connectivity index (χ0) is 51.4. The van der Waals surface area contributed by atoms with Crippen LogP contribution in [0.1, 0.15) is 11.1 Å². The summed E-state index contributed by atoms with van der Waals surface area (Å²) in [5.41, 5.74) is 1.27. The number of rotatable bonds is 18. The van der Waals surface area contributed by atoms with Crippen molar-refractivity contribution in [2.45, 2.75) is 31.4 Å². The van der Waals surface area contributed by atoms with Crippen LogP contribution in [0.25, 0.3) is 32.8 Å². The first-order valence-corrected chi connectivity index (χ1v) is 26.1. The summed E-state index contributed by atoms with van der Waals surface area (Å²) >= 11 is 1.52. The second-order valence-electron chi connectivity index (χ2n) is 14.4. The van der Waals surface area contributed by atoms with Crippen LogP contribution < -0.4 is 115 Å². The van der Waals surface area contributed by atoms with Crippen molar-refractivity contribution in [3.8, 4) is 17.3 Å². The summed E-state index contributed by atoms with van der Waals surface area (Å²) in [5, 5.41) is 63.8. The molecule has 0 bridgehead atoms. The summed E-state index contributed by atoms with van der Waals surface area (Å²) in [6, 6.07) is 29.1. The van der Waals surface area contributed by atoms with Crippen molar-refractivity contribution in [3.63, 3.8) is 0 Å². The molecule has 0 saturated heterocycles. The predicted octanol–water partition coefficient (Wildman–Crippen LogP) is -6.80. The number of hydrogen-bond acceptors (Lipinski definition) is 27. The van der Waals surface area contributed by atoms with Crippen LogP contribution in [0, 0.1) is 18.3 Å².